The van der Waals surface area contributed by atoms with Gasteiger partial charge in [-0.05, 0) is 13.8 Å². The first-order valence-corrected chi connectivity index (χ1v) is 7.51. The van der Waals surface area contributed by atoms with Gasteiger partial charge in [0.2, 0.25) is 11.8 Å². The number of nitrogens with zero attached hydrogens (tertiary/aromatic N) is 2. The van der Waals surface area contributed by atoms with Crippen LogP contribution in [0, 0.1) is 6.92 Å². The van der Waals surface area contributed by atoms with E-state index in [0.717, 1.165) is 10.7 Å². The Hall–Kier alpha value is -1.47. The van der Waals surface area contributed by atoms with E-state index in [4.69, 9.17) is 4.74 Å². The Bertz CT molecular complexity index is 483. The molecule has 7 heteroatoms. The van der Waals surface area contributed by atoms with E-state index >= 15 is 0 Å². The van der Waals surface area contributed by atoms with Crippen molar-refractivity contribution in [2.24, 2.45) is 0 Å². The topological polar surface area (TPSA) is 71.5 Å². The molecule has 2 amide bonds. The maximum atomic E-state index is 12.1. The second-order valence-corrected chi connectivity index (χ2v) is 5.82. The van der Waals surface area contributed by atoms with Crippen LogP contribution in [0.5, 0.6) is 0 Å². The number of aromatic nitrogens is 1. The van der Waals surface area contributed by atoms with E-state index in [2.05, 4.69) is 10.3 Å². The SMILES string of the molecule is Cc1nc(CC(=O)NC(C)C(=O)N2CCOCC2)cs1. The van der Waals surface area contributed by atoms with Gasteiger partial charge < -0.3 is 15.0 Å². The summed E-state index contributed by atoms with van der Waals surface area (Å²) in [5, 5.41) is 5.53. The van der Waals surface area contributed by atoms with E-state index in [1.807, 2.05) is 12.3 Å². The molecule has 1 N–H and O–H groups in total. The molecule has 0 bridgehead atoms. The number of thiazole rings is 1. The Morgan fingerprint density at radius 3 is 2.80 bits per heavy atom. The van der Waals surface area contributed by atoms with Crippen LogP contribution in [0.1, 0.15) is 17.6 Å². The van der Waals surface area contributed by atoms with Crippen LogP contribution in [0.25, 0.3) is 0 Å². The summed E-state index contributed by atoms with van der Waals surface area (Å²) in [5.41, 5.74) is 0.746. The van der Waals surface area contributed by atoms with Crippen LogP contribution in [0.2, 0.25) is 0 Å². The van der Waals surface area contributed by atoms with Gasteiger partial charge in [-0.2, -0.15) is 0 Å². The quantitative estimate of drug-likeness (QED) is 0.871. The van der Waals surface area contributed by atoms with Crippen molar-refractivity contribution < 1.29 is 14.3 Å². The zero-order chi connectivity index (χ0) is 14.5. The molecule has 0 spiro atoms. The van der Waals surface area contributed by atoms with Gasteiger partial charge in [0.25, 0.3) is 0 Å². The highest BCUT2D eigenvalue weighted by Gasteiger charge is 2.23. The van der Waals surface area contributed by atoms with Gasteiger partial charge in [0, 0.05) is 18.5 Å². The molecule has 20 heavy (non-hydrogen) atoms. The summed E-state index contributed by atoms with van der Waals surface area (Å²) in [4.78, 5) is 30.0. The summed E-state index contributed by atoms with van der Waals surface area (Å²) in [6.07, 6.45) is 0.213. The number of nitrogens with one attached hydrogen (secondary N) is 1. The molecule has 2 heterocycles. The molecule has 1 unspecified atom stereocenters. The van der Waals surface area contributed by atoms with Crippen molar-refractivity contribution in [1.29, 1.82) is 0 Å². The Kier molecular flexibility index (Phi) is 5.08. The van der Waals surface area contributed by atoms with Crippen molar-refractivity contribution in [1.82, 2.24) is 15.2 Å². The number of aryl methyl sites for hydroxylation is 1. The number of morpholine rings is 1. The number of rotatable bonds is 4. The number of carbonyl (C=O) groups excluding carboxylic acids is 2. The van der Waals surface area contributed by atoms with E-state index in [0.29, 0.717) is 26.3 Å². The first kappa shape index (κ1) is 14.9. The maximum Gasteiger partial charge on any atom is 0.245 e. The molecule has 1 fully saturated rings. The lowest BCUT2D eigenvalue weighted by molar-refractivity contribution is -0.139. The van der Waals surface area contributed by atoms with Gasteiger partial charge in [0.05, 0.1) is 30.3 Å². The fraction of sp³-hybridized carbons (Fsp3) is 0.615. The van der Waals surface area contributed by atoms with E-state index in [-0.39, 0.29) is 18.2 Å². The highest BCUT2D eigenvalue weighted by Crippen LogP contribution is 2.08. The number of ether oxygens (including phenoxy) is 1. The monoisotopic (exact) mass is 297 g/mol. The van der Waals surface area contributed by atoms with Crippen LogP contribution >= 0.6 is 11.3 Å². The van der Waals surface area contributed by atoms with E-state index in [9.17, 15) is 9.59 Å². The Morgan fingerprint density at radius 2 is 2.20 bits per heavy atom. The minimum Gasteiger partial charge on any atom is -0.378 e. The van der Waals surface area contributed by atoms with Crippen LogP contribution in [0.3, 0.4) is 0 Å². The zero-order valence-electron chi connectivity index (χ0n) is 11.7. The predicted octanol–water partition coefficient (Wildman–Crippen LogP) is 0.358. The highest BCUT2D eigenvalue weighted by molar-refractivity contribution is 7.09. The third kappa shape index (κ3) is 4.01. The molecular weight excluding hydrogens is 278 g/mol. The average molecular weight is 297 g/mol. The molecule has 0 aliphatic carbocycles. The predicted molar refractivity (Wildman–Crippen MR) is 75.6 cm³/mol. The maximum absolute atomic E-state index is 12.1. The third-order valence-corrected chi connectivity index (χ3v) is 3.90. The zero-order valence-corrected chi connectivity index (χ0v) is 12.5. The second kappa shape index (κ2) is 6.81. The molecule has 0 saturated carbocycles. The lowest BCUT2D eigenvalue weighted by Gasteiger charge is -2.29. The number of hydrogen-bond donors (Lipinski definition) is 1. The molecule has 1 saturated heterocycles. The van der Waals surface area contributed by atoms with Crippen LogP contribution in [-0.2, 0) is 20.7 Å². The molecule has 110 valence electrons. The second-order valence-electron chi connectivity index (χ2n) is 4.76. The van der Waals surface area contributed by atoms with Gasteiger partial charge in [0.1, 0.15) is 6.04 Å². The summed E-state index contributed by atoms with van der Waals surface area (Å²) in [6, 6.07) is -0.514. The van der Waals surface area contributed by atoms with Gasteiger partial charge in [-0.1, -0.05) is 0 Å². The van der Waals surface area contributed by atoms with Crippen molar-refractivity contribution in [3.05, 3.63) is 16.1 Å². The summed E-state index contributed by atoms with van der Waals surface area (Å²) >= 11 is 1.51. The molecular formula is C13H19N3O3S. The lowest BCUT2D eigenvalue weighted by Crippen LogP contribution is -2.50. The Balaban J connectivity index is 1.82. The Labute approximate surface area is 122 Å². The van der Waals surface area contributed by atoms with Crippen LogP contribution in [-0.4, -0.2) is 54.0 Å². The lowest BCUT2D eigenvalue weighted by atomic mass is 10.2. The minimum atomic E-state index is -0.514. The molecule has 0 aromatic carbocycles. The van der Waals surface area contributed by atoms with Gasteiger partial charge >= 0.3 is 0 Å². The van der Waals surface area contributed by atoms with Crippen LogP contribution < -0.4 is 5.32 Å². The first-order chi connectivity index (χ1) is 9.56. The summed E-state index contributed by atoms with van der Waals surface area (Å²) < 4.78 is 5.20. The van der Waals surface area contributed by atoms with Gasteiger partial charge in [-0.25, -0.2) is 4.98 Å². The molecule has 1 aromatic heterocycles. The molecule has 1 aromatic rings. The van der Waals surface area contributed by atoms with Crippen LogP contribution in [0.4, 0.5) is 0 Å². The molecule has 0 radical (unpaired) electrons. The largest absolute Gasteiger partial charge is 0.378 e. The number of amides is 2. The normalized spacial score (nSPS) is 16.8. The highest BCUT2D eigenvalue weighted by atomic mass is 32.1. The fourth-order valence-electron chi connectivity index (χ4n) is 2.07. The van der Waals surface area contributed by atoms with Crippen molar-refractivity contribution in [2.45, 2.75) is 26.3 Å². The minimum absolute atomic E-state index is 0.0592. The van der Waals surface area contributed by atoms with Crippen molar-refractivity contribution >= 4 is 23.2 Å². The molecule has 6 nitrogen and oxygen atoms in total. The first-order valence-electron chi connectivity index (χ1n) is 6.63. The van der Waals surface area contributed by atoms with Gasteiger partial charge in [-0.15, -0.1) is 11.3 Å². The van der Waals surface area contributed by atoms with E-state index < -0.39 is 6.04 Å². The fourth-order valence-corrected chi connectivity index (χ4v) is 2.68. The Morgan fingerprint density at radius 1 is 1.50 bits per heavy atom. The molecule has 1 aliphatic heterocycles. The summed E-state index contributed by atoms with van der Waals surface area (Å²) in [7, 11) is 0. The summed E-state index contributed by atoms with van der Waals surface area (Å²) in [5.74, 6) is -0.236. The van der Waals surface area contributed by atoms with E-state index in [1.165, 1.54) is 11.3 Å². The standard InChI is InChI=1S/C13H19N3O3S/c1-9(13(18)16-3-5-19-6-4-16)14-12(17)7-11-8-20-10(2)15-11/h8-9H,3-7H2,1-2H3,(H,14,17). The molecule has 2 rings (SSSR count). The van der Waals surface area contributed by atoms with Crippen molar-refractivity contribution in [2.75, 3.05) is 26.3 Å². The van der Waals surface area contributed by atoms with Gasteiger partial charge in [0.15, 0.2) is 0 Å². The number of carbonyl (C=O) groups is 2. The van der Waals surface area contributed by atoms with Crippen molar-refractivity contribution in [3.8, 4) is 0 Å². The van der Waals surface area contributed by atoms with Crippen LogP contribution in [0.15, 0.2) is 5.38 Å². The number of hydrogen-bond acceptors (Lipinski definition) is 5. The average Bonchev–Trinajstić information content (AvgIpc) is 2.84. The van der Waals surface area contributed by atoms with Crippen molar-refractivity contribution in [3.63, 3.8) is 0 Å². The smallest absolute Gasteiger partial charge is 0.245 e. The molecule has 1 aliphatic rings. The third-order valence-electron chi connectivity index (χ3n) is 3.08. The summed E-state index contributed by atoms with van der Waals surface area (Å²) in [6.45, 7) is 5.91. The molecule has 1 atom stereocenters. The van der Waals surface area contributed by atoms with Gasteiger partial charge in [-0.3, -0.25) is 9.59 Å². The van der Waals surface area contributed by atoms with E-state index in [1.54, 1.807) is 11.8 Å².